The molecule has 10 nitrogen and oxygen atoms in total. The number of carbonyl (C=O) groups excluding carboxylic acids is 1. The van der Waals surface area contributed by atoms with Crippen molar-refractivity contribution in [1.82, 2.24) is 18.8 Å². The molecule has 1 amide bonds. The number of carbonyl (C=O) groups is 1. The lowest BCUT2D eigenvalue weighted by Crippen LogP contribution is -2.48. The zero-order chi connectivity index (χ0) is 36.9. The fourth-order valence-corrected chi connectivity index (χ4v) is 9.05. The third-order valence-corrected chi connectivity index (χ3v) is 13.1. The van der Waals surface area contributed by atoms with E-state index < -0.39 is 40.1 Å². The maximum atomic E-state index is 14.4. The van der Waals surface area contributed by atoms with E-state index in [1.54, 1.807) is 58.2 Å². The van der Waals surface area contributed by atoms with Crippen LogP contribution in [0.1, 0.15) is 70.5 Å². The number of amides is 1. The van der Waals surface area contributed by atoms with Crippen LogP contribution in [0, 0.1) is 18.3 Å². The molecule has 0 bridgehead atoms. The summed E-state index contributed by atoms with van der Waals surface area (Å²) < 4.78 is 43.0. The summed E-state index contributed by atoms with van der Waals surface area (Å²) in [5.41, 5.74) is 2.39. The van der Waals surface area contributed by atoms with E-state index in [4.69, 9.17) is 14.5 Å². The molecule has 0 aliphatic heterocycles. The average Bonchev–Trinajstić information content (AvgIpc) is 3.61. The largest absolute Gasteiger partial charge is 0.444 e. The Balaban J connectivity index is 1.76. The van der Waals surface area contributed by atoms with Crippen LogP contribution >= 0.6 is 0 Å². The molecule has 50 heavy (non-hydrogen) atoms. The maximum Gasteiger partial charge on any atom is 0.408 e. The minimum Gasteiger partial charge on any atom is -0.444 e. The Bertz CT molecular complexity index is 2180. The summed E-state index contributed by atoms with van der Waals surface area (Å²) in [6.45, 7) is 20.3. The van der Waals surface area contributed by atoms with Gasteiger partial charge < -0.3 is 19.4 Å². The zero-order valence-electron chi connectivity index (χ0n) is 30.8. The van der Waals surface area contributed by atoms with Crippen LogP contribution < -0.4 is 5.32 Å². The fourth-order valence-electron chi connectivity index (χ4n) is 6.49. The highest BCUT2D eigenvalue weighted by atomic mass is 32.2. The molecule has 1 aliphatic rings. The predicted octanol–water partition coefficient (Wildman–Crippen LogP) is 8.11. The van der Waals surface area contributed by atoms with E-state index in [-0.39, 0.29) is 6.73 Å². The third-order valence-electron chi connectivity index (χ3n) is 9.13. The number of nitriles is 1. The second-order valence-corrected chi connectivity index (χ2v) is 23.8. The number of fused-ring (bicyclic) bond motifs is 2. The Morgan fingerprint density at radius 1 is 1.12 bits per heavy atom. The summed E-state index contributed by atoms with van der Waals surface area (Å²) >= 11 is 0. The first-order valence-corrected chi connectivity index (χ1v) is 22.1. The van der Waals surface area contributed by atoms with E-state index in [9.17, 15) is 18.5 Å². The van der Waals surface area contributed by atoms with E-state index in [0.717, 1.165) is 17.2 Å². The molecule has 2 aromatic heterocycles. The van der Waals surface area contributed by atoms with Crippen molar-refractivity contribution in [1.29, 1.82) is 5.26 Å². The molecule has 5 rings (SSSR count). The van der Waals surface area contributed by atoms with E-state index in [2.05, 4.69) is 31.0 Å². The van der Waals surface area contributed by atoms with Gasteiger partial charge in [0.15, 0.2) is 0 Å². The van der Waals surface area contributed by atoms with Gasteiger partial charge >= 0.3 is 6.09 Å². The molecule has 2 aromatic carbocycles. The molecule has 266 valence electrons. The molecule has 2 heterocycles. The summed E-state index contributed by atoms with van der Waals surface area (Å²) in [6, 6.07) is 14.0. The number of hydrogen-bond donors (Lipinski definition) is 1. The van der Waals surface area contributed by atoms with Gasteiger partial charge in [0.2, 0.25) is 10.0 Å². The molecule has 0 saturated heterocycles. The van der Waals surface area contributed by atoms with E-state index in [0.29, 0.717) is 51.9 Å². The first-order valence-electron chi connectivity index (χ1n) is 16.9. The van der Waals surface area contributed by atoms with Crippen molar-refractivity contribution in [2.75, 3.05) is 6.61 Å². The number of nitrogens with zero attached hydrogens (tertiary/aromatic N) is 4. The van der Waals surface area contributed by atoms with Gasteiger partial charge in [-0.2, -0.15) is 5.26 Å². The average molecular weight is 716 g/mol. The molecule has 2 atom stereocenters. The van der Waals surface area contributed by atoms with E-state index in [1.807, 2.05) is 55.7 Å². The molecule has 12 heteroatoms. The van der Waals surface area contributed by atoms with Crippen molar-refractivity contribution in [3.8, 4) is 6.07 Å². The minimum atomic E-state index is -3.93. The van der Waals surface area contributed by atoms with Crippen LogP contribution in [0.4, 0.5) is 4.79 Å². The van der Waals surface area contributed by atoms with Crippen LogP contribution in [0.3, 0.4) is 0 Å². The highest BCUT2D eigenvalue weighted by Crippen LogP contribution is 2.40. The van der Waals surface area contributed by atoms with Gasteiger partial charge in [0, 0.05) is 26.3 Å². The smallest absolute Gasteiger partial charge is 0.408 e. The van der Waals surface area contributed by atoms with E-state index in [1.165, 1.54) is 3.97 Å². The molecule has 1 aliphatic carbocycles. The number of aryl methyl sites for hydroxylation is 1. The highest BCUT2D eigenvalue weighted by Gasteiger charge is 2.42. The SMILES string of the molecule is CC1=CC(C)(S(=O)(=O)n2ccc3c(C(C)(NC(=O)OC(C)(C)C)c4nc5ccc(C#N)cc5n4COCC[Si](C)(C)C)ccc(C)c32)CC=C1. The topological polar surface area (TPSA) is 128 Å². The second kappa shape index (κ2) is 13.2. The first kappa shape index (κ1) is 37.1. The van der Waals surface area contributed by atoms with Gasteiger partial charge in [-0.25, -0.2) is 22.2 Å². The van der Waals surface area contributed by atoms with Crippen molar-refractivity contribution in [3.05, 3.63) is 88.9 Å². The van der Waals surface area contributed by atoms with Crippen molar-refractivity contribution in [2.24, 2.45) is 0 Å². The summed E-state index contributed by atoms with van der Waals surface area (Å²) in [5.74, 6) is 0.449. The highest BCUT2D eigenvalue weighted by molar-refractivity contribution is 7.91. The first-order chi connectivity index (χ1) is 23.2. The molecular weight excluding hydrogens is 667 g/mol. The lowest BCUT2D eigenvalue weighted by atomic mass is 9.87. The van der Waals surface area contributed by atoms with Crippen LogP contribution in [-0.2, 0) is 31.8 Å². The van der Waals surface area contributed by atoms with E-state index >= 15 is 0 Å². The zero-order valence-corrected chi connectivity index (χ0v) is 32.7. The lowest BCUT2D eigenvalue weighted by molar-refractivity contribution is 0.0463. The maximum absolute atomic E-state index is 14.4. The summed E-state index contributed by atoms with van der Waals surface area (Å²) in [4.78, 5) is 18.8. The Hall–Kier alpha value is -4.18. The van der Waals surface area contributed by atoms with Crippen molar-refractivity contribution < 1.29 is 22.7 Å². The minimum absolute atomic E-state index is 0.124. The molecule has 0 fully saturated rings. The van der Waals surface area contributed by atoms with Gasteiger partial charge in [-0.15, -0.1) is 0 Å². The molecule has 2 unspecified atom stereocenters. The van der Waals surface area contributed by atoms with Gasteiger partial charge in [0.05, 0.1) is 28.2 Å². The molecule has 4 aromatic rings. The van der Waals surface area contributed by atoms with Gasteiger partial charge in [-0.1, -0.05) is 55.6 Å². The number of hydrogen-bond acceptors (Lipinski definition) is 7. The van der Waals surface area contributed by atoms with Crippen LogP contribution in [0.5, 0.6) is 0 Å². The number of alkyl carbamates (subject to hydrolysis) is 1. The molecule has 1 N–H and O–H groups in total. The summed E-state index contributed by atoms with van der Waals surface area (Å²) in [5, 5.41) is 13.5. The Labute approximate surface area is 296 Å². The van der Waals surface area contributed by atoms with Gasteiger partial charge in [0.1, 0.15) is 28.4 Å². The van der Waals surface area contributed by atoms with Crippen molar-refractivity contribution in [3.63, 3.8) is 0 Å². The third kappa shape index (κ3) is 7.17. The van der Waals surface area contributed by atoms with Crippen LogP contribution in [-0.4, -0.2) is 53.1 Å². The number of rotatable bonds is 10. The number of benzene rings is 2. The standard InChI is InChI=1S/C38H49N5O5SSi/c1-26-12-11-18-37(6,23-26)49(45,46)43-19-17-29-30(15-13-27(2)33(29)43)38(7,41-35(44)48-36(3,4)5)34-40-31-16-14-28(24-39)22-32(31)42(34)25-47-20-21-50(8,9)10/h11-17,19,22-23H,18,20-21,25H2,1-10H3,(H,41,44). The normalized spacial score (nSPS) is 18.1. The quantitative estimate of drug-likeness (QED) is 0.130. The van der Waals surface area contributed by atoms with Crippen molar-refractivity contribution in [2.45, 2.75) is 103 Å². The summed E-state index contributed by atoms with van der Waals surface area (Å²) in [6.07, 6.45) is 6.91. The number of aromatic nitrogens is 3. The number of allylic oxidation sites excluding steroid dienone is 3. The summed E-state index contributed by atoms with van der Waals surface area (Å²) in [7, 11) is -5.32. The second-order valence-electron chi connectivity index (χ2n) is 15.9. The van der Waals surface area contributed by atoms with Gasteiger partial charge in [0.25, 0.3) is 0 Å². The molecule has 0 saturated carbocycles. The fraction of sp³-hybridized carbons (Fsp3) is 0.447. The number of imidazole rings is 1. The number of nitrogens with one attached hydrogen (secondary N) is 1. The Morgan fingerprint density at radius 2 is 1.84 bits per heavy atom. The van der Waals surface area contributed by atoms with Crippen molar-refractivity contribution >= 4 is 46.1 Å². The monoisotopic (exact) mass is 715 g/mol. The molecule has 0 spiro atoms. The number of ether oxygens (including phenoxy) is 2. The lowest BCUT2D eigenvalue weighted by Gasteiger charge is -2.33. The van der Waals surface area contributed by atoms with Crippen LogP contribution in [0.2, 0.25) is 25.7 Å². The van der Waals surface area contributed by atoms with Crippen LogP contribution in [0.15, 0.2) is 66.4 Å². The van der Waals surface area contributed by atoms with Crippen LogP contribution in [0.25, 0.3) is 21.9 Å². The van der Waals surface area contributed by atoms with Gasteiger partial charge in [-0.3, -0.25) is 0 Å². The Kier molecular flexibility index (Phi) is 9.77. The predicted molar refractivity (Wildman–Crippen MR) is 201 cm³/mol. The Morgan fingerprint density at radius 3 is 2.48 bits per heavy atom. The molecule has 0 radical (unpaired) electrons. The van der Waals surface area contributed by atoms with Gasteiger partial charge in [-0.05, 0) is 96.3 Å². The molecular formula is C38H49N5O5SSi.